The van der Waals surface area contributed by atoms with Gasteiger partial charge in [0.05, 0.1) is 19.6 Å². The molecule has 4 aromatic rings. The topological polar surface area (TPSA) is 138 Å². The van der Waals surface area contributed by atoms with Crippen LogP contribution in [0.2, 0.25) is 0 Å². The molecule has 174 valence electrons. The van der Waals surface area contributed by atoms with Crippen molar-refractivity contribution in [2.24, 2.45) is 0 Å². The van der Waals surface area contributed by atoms with Crippen LogP contribution < -0.4 is 4.74 Å². The number of hydrogen-bond donors (Lipinski definition) is 3. The minimum Gasteiger partial charge on any atom is -0.508 e. The van der Waals surface area contributed by atoms with Crippen LogP contribution in [0.25, 0.3) is 0 Å². The van der Waals surface area contributed by atoms with Crippen LogP contribution in [0.5, 0.6) is 28.7 Å². The summed E-state index contributed by atoms with van der Waals surface area (Å²) in [5.74, 6) is -0.370. The van der Waals surface area contributed by atoms with Gasteiger partial charge in [0.25, 0.3) is 0 Å². The molecule has 0 bridgehead atoms. The zero-order valence-electron chi connectivity index (χ0n) is 17.4. The third kappa shape index (κ3) is 4.54. The van der Waals surface area contributed by atoms with E-state index in [2.05, 4.69) is 0 Å². The lowest BCUT2D eigenvalue weighted by Gasteiger charge is -2.11. The molecule has 0 aliphatic carbocycles. The fourth-order valence-electron chi connectivity index (χ4n) is 3.09. The third-order valence-electron chi connectivity index (χ3n) is 4.90. The van der Waals surface area contributed by atoms with Crippen molar-refractivity contribution in [3.05, 3.63) is 91.0 Å². The summed E-state index contributed by atoms with van der Waals surface area (Å²) in [5, 5.41) is 29.0. The highest BCUT2D eigenvalue weighted by Gasteiger charge is 2.20. The smallest absolute Gasteiger partial charge is 0.206 e. The van der Waals surface area contributed by atoms with E-state index < -0.39 is 25.4 Å². The summed E-state index contributed by atoms with van der Waals surface area (Å²) >= 11 is 0. The van der Waals surface area contributed by atoms with E-state index >= 15 is 0 Å². The summed E-state index contributed by atoms with van der Waals surface area (Å²) in [6.07, 6.45) is 0. The van der Waals surface area contributed by atoms with E-state index in [9.17, 15) is 32.2 Å². The van der Waals surface area contributed by atoms with Crippen LogP contribution >= 0.6 is 0 Å². The number of hydrogen-bond acceptors (Lipinski definition) is 8. The highest BCUT2D eigenvalue weighted by Crippen LogP contribution is 2.35. The molecule has 34 heavy (non-hydrogen) atoms. The van der Waals surface area contributed by atoms with Crippen LogP contribution in [0, 0.1) is 0 Å². The summed E-state index contributed by atoms with van der Waals surface area (Å²) in [4.78, 5) is -0.200. The Morgan fingerprint density at radius 1 is 0.500 bits per heavy atom. The van der Waals surface area contributed by atoms with E-state index in [1.54, 1.807) is 0 Å². The van der Waals surface area contributed by atoms with E-state index in [-0.39, 0.29) is 42.6 Å². The number of ether oxygens (including phenoxy) is 1. The fraction of sp³-hybridized carbons (Fsp3) is 0. The van der Waals surface area contributed by atoms with Crippen molar-refractivity contribution in [2.45, 2.75) is 19.6 Å². The first-order chi connectivity index (χ1) is 16.1. The molecule has 4 rings (SSSR count). The summed E-state index contributed by atoms with van der Waals surface area (Å²) in [6, 6.07) is 19.2. The van der Waals surface area contributed by atoms with Crippen molar-refractivity contribution in [2.75, 3.05) is 0 Å². The van der Waals surface area contributed by atoms with Crippen LogP contribution in [0.4, 0.5) is 0 Å². The summed E-state index contributed by atoms with van der Waals surface area (Å²) in [5.41, 5.74) is 0. The average Bonchev–Trinajstić information content (AvgIpc) is 2.81. The van der Waals surface area contributed by atoms with Gasteiger partial charge in [-0.25, -0.2) is 16.8 Å². The van der Waals surface area contributed by atoms with E-state index in [1.165, 1.54) is 84.9 Å². The number of phenols is 3. The van der Waals surface area contributed by atoms with Crippen LogP contribution in [0.1, 0.15) is 0 Å². The highest BCUT2D eigenvalue weighted by molar-refractivity contribution is 7.91. The molecule has 0 atom stereocenters. The molecule has 4 aromatic carbocycles. The molecular formula is C24H18O8S2. The number of rotatable bonds is 6. The van der Waals surface area contributed by atoms with E-state index in [0.717, 1.165) is 6.07 Å². The summed E-state index contributed by atoms with van der Waals surface area (Å²) in [7, 11) is -7.73. The average molecular weight is 499 g/mol. The zero-order valence-corrected chi connectivity index (χ0v) is 19.0. The Morgan fingerprint density at radius 2 is 0.882 bits per heavy atom. The maximum atomic E-state index is 12.7. The van der Waals surface area contributed by atoms with Crippen LogP contribution in [0.15, 0.2) is 111 Å². The van der Waals surface area contributed by atoms with Gasteiger partial charge in [-0.1, -0.05) is 0 Å². The normalized spacial score (nSPS) is 11.8. The monoisotopic (exact) mass is 498 g/mol. The van der Waals surface area contributed by atoms with Crippen LogP contribution in [-0.2, 0) is 19.7 Å². The number of sulfone groups is 2. The maximum Gasteiger partial charge on any atom is 0.206 e. The molecule has 0 aliphatic rings. The Hall–Kier alpha value is -4.02. The first-order valence-electron chi connectivity index (χ1n) is 9.76. The van der Waals surface area contributed by atoms with Crippen molar-refractivity contribution in [1.82, 2.24) is 0 Å². The molecular weight excluding hydrogens is 480 g/mol. The summed E-state index contributed by atoms with van der Waals surface area (Å²) < 4.78 is 56.4. The van der Waals surface area contributed by atoms with Crippen molar-refractivity contribution in [3.63, 3.8) is 0 Å². The lowest BCUT2D eigenvalue weighted by molar-refractivity contribution is 0.409. The van der Waals surface area contributed by atoms with Gasteiger partial charge in [0.1, 0.15) is 17.2 Å². The van der Waals surface area contributed by atoms with Crippen LogP contribution in [0.3, 0.4) is 0 Å². The number of phenolic OH excluding ortho intramolecular Hbond substituents is 3. The molecule has 8 nitrogen and oxygen atoms in total. The molecule has 0 unspecified atom stereocenters. The largest absolute Gasteiger partial charge is 0.508 e. The minimum absolute atomic E-state index is 0.00472. The van der Waals surface area contributed by atoms with Crippen molar-refractivity contribution >= 4 is 19.7 Å². The molecule has 0 saturated heterocycles. The second-order valence-corrected chi connectivity index (χ2v) is 11.1. The van der Waals surface area contributed by atoms with Crippen LogP contribution in [-0.4, -0.2) is 32.2 Å². The van der Waals surface area contributed by atoms with Gasteiger partial charge in [0, 0.05) is 6.07 Å². The Morgan fingerprint density at radius 3 is 1.32 bits per heavy atom. The number of aromatic hydroxyl groups is 3. The predicted molar refractivity (Wildman–Crippen MR) is 122 cm³/mol. The van der Waals surface area contributed by atoms with Crippen molar-refractivity contribution < 1.29 is 36.9 Å². The first kappa shape index (κ1) is 23.1. The third-order valence-corrected chi connectivity index (χ3v) is 8.45. The molecule has 0 fully saturated rings. The Balaban J connectivity index is 1.55. The number of benzene rings is 4. The van der Waals surface area contributed by atoms with Gasteiger partial charge in [-0.05, 0) is 84.9 Å². The quantitative estimate of drug-likeness (QED) is 0.358. The van der Waals surface area contributed by atoms with Crippen molar-refractivity contribution in [1.29, 1.82) is 0 Å². The molecule has 0 saturated carbocycles. The van der Waals surface area contributed by atoms with Gasteiger partial charge < -0.3 is 20.1 Å². The molecule has 10 heteroatoms. The Bertz CT molecular complexity index is 1540. The second kappa shape index (κ2) is 8.73. The first-order valence-corrected chi connectivity index (χ1v) is 12.7. The molecule has 0 heterocycles. The Labute approximate surface area is 195 Å². The maximum absolute atomic E-state index is 12.7. The zero-order chi connectivity index (χ0) is 24.5. The molecule has 3 N–H and O–H groups in total. The standard InChI is InChI=1S/C24H18O8S2/c25-16-1-7-19(8-2-16)33(28,29)21-11-5-18(6-12-21)32-24-14-13-22(15-23(24)27)34(30,31)20-9-3-17(26)4-10-20/h1-15,25-27H. The molecule has 0 aromatic heterocycles. The molecule has 0 aliphatic heterocycles. The van der Waals surface area contributed by atoms with E-state index in [0.29, 0.717) is 0 Å². The summed E-state index contributed by atoms with van der Waals surface area (Å²) in [6.45, 7) is 0. The van der Waals surface area contributed by atoms with E-state index in [4.69, 9.17) is 4.74 Å². The lowest BCUT2D eigenvalue weighted by Crippen LogP contribution is -2.02. The minimum atomic E-state index is -3.93. The van der Waals surface area contributed by atoms with Gasteiger partial charge in [-0.2, -0.15) is 0 Å². The highest BCUT2D eigenvalue weighted by atomic mass is 32.2. The fourth-order valence-corrected chi connectivity index (χ4v) is 5.63. The Kier molecular flexibility index (Phi) is 5.94. The van der Waals surface area contributed by atoms with Gasteiger partial charge in [-0.15, -0.1) is 0 Å². The predicted octanol–water partition coefficient (Wildman–Crippen LogP) is 4.26. The van der Waals surface area contributed by atoms with E-state index in [1.807, 2.05) is 0 Å². The van der Waals surface area contributed by atoms with Crippen molar-refractivity contribution in [3.8, 4) is 28.7 Å². The van der Waals surface area contributed by atoms with Gasteiger partial charge in [-0.3, -0.25) is 0 Å². The molecule has 0 radical (unpaired) electrons. The van der Waals surface area contributed by atoms with Gasteiger partial charge >= 0.3 is 0 Å². The molecule has 0 spiro atoms. The second-order valence-electron chi connectivity index (χ2n) is 7.20. The molecule has 0 amide bonds. The lowest BCUT2D eigenvalue weighted by atomic mass is 10.3. The van der Waals surface area contributed by atoms with Gasteiger partial charge in [0.15, 0.2) is 11.5 Å². The SMILES string of the molecule is O=S(=O)(c1ccc(O)cc1)c1ccc(Oc2ccc(S(=O)(=O)c3ccc(O)cc3)cc2O)cc1. The van der Waals surface area contributed by atoms with Gasteiger partial charge in [0.2, 0.25) is 19.7 Å².